The summed E-state index contributed by atoms with van der Waals surface area (Å²) < 4.78 is 11.1. The number of halogens is 1. The van der Waals surface area contributed by atoms with E-state index in [2.05, 4.69) is 10.6 Å². The van der Waals surface area contributed by atoms with Crippen LogP contribution in [0.4, 0.5) is 4.79 Å². The Hall–Kier alpha value is -2.19. The SMILES string of the molecule is COc1ccc(C(=O)N(C(C)C)[C@@H]2CCCNC2)cc1OCCCNC(=O)O.Cl. The summed E-state index contributed by atoms with van der Waals surface area (Å²) in [6.07, 6.45) is 1.51. The number of benzene rings is 1. The van der Waals surface area contributed by atoms with Gasteiger partial charge in [-0.3, -0.25) is 4.79 Å². The van der Waals surface area contributed by atoms with Crippen LogP contribution in [-0.2, 0) is 0 Å². The van der Waals surface area contributed by atoms with Gasteiger partial charge in [-0.15, -0.1) is 12.4 Å². The summed E-state index contributed by atoms with van der Waals surface area (Å²) in [6, 6.07) is 5.46. The highest BCUT2D eigenvalue weighted by Crippen LogP contribution is 2.29. The van der Waals surface area contributed by atoms with Crippen molar-refractivity contribution < 1.29 is 24.2 Å². The lowest BCUT2D eigenvalue weighted by atomic mass is 10.0. The van der Waals surface area contributed by atoms with Crippen LogP contribution in [0.1, 0.15) is 43.5 Å². The fourth-order valence-corrected chi connectivity index (χ4v) is 3.41. The molecule has 0 saturated carbocycles. The fourth-order valence-electron chi connectivity index (χ4n) is 3.41. The smallest absolute Gasteiger partial charge is 0.404 e. The molecule has 3 N–H and O–H groups in total. The van der Waals surface area contributed by atoms with Crippen LogP contribution >= 0.6 is 12.4 Å². The van der Waals surface area contributed by atoms with Gasteiger partial charge in [0.1, 0.15) is 0 Å². The van der Waals surface area contributed by atoms with E-state index >= 15 is 0 Å². The molecule has 1 aromatic carbocycles. The number of rotatable bonds is 9. The highest BCUT2D eigenvalue weighted by molar-refractivity contribution is 5.95. The van der Waals surface area contributed by atoms with Gasteiger partial charge in [0.25, 0.3) is 5.91 Å². The number of methoxy groups -OCH3 is 1. The normalized spacial score (nSPS) is 15.9. The van der Waals surface area contributed by atoms with Gasteiger partial charge < -0.3 is 30.1 Å². The summed E-state index contributed by atoms with van der Waals surface area (Å²) in [5.41, 5.74) is 0.554. The Bertz CT molecular complexity index is 666. The fraction of sp³-hybridized carbons (Fsp3) is 0.600. The molecule has 1 atom stereocenters. The maximum Gasteiger partial charge on any atom is 0.404 e. The van der Waals surface area contributed by atoms with Crippen LogP contribution in [0.15, 0.2) is 18.2 Å². The molecule has 1 aromatic rings. The van der Waals surface area contributed by atoms with Crippen LogP contribution in [0, 0.1) is 0 Å². The van der Waals surface area contributed by atoms with Gasteiger partial charge in [0.15, 0.2) is 11.5 Å². The third-order valence-corrected chi connectivity index (χ3v) is 4.72. The molecular weight excluding hydrogens is 398 g/mol. The molecule has 1 aliphatic heterocycles. The molecule has 2 amide bonds. The van der Waals surface area contributed by atoms with Crippen molar-refractivity contribution in [3.63, 3.8) is 0 Å². The van der Waals surface area contributed by atoms with Crippen LogP contribution in [-0.4, -0.2) is 67.4 Å². The minimum absolute atomic E-state index is 0. The van der Waals surface area contributed by atoms with Gasteiger partial charge in [-0.05, 0) is 57.9 Å². The quantitative estimate of drug-likeness (QED) is 0.522. The lowest BCUT2D eigenvalue weighted by Crippen LogP contribution is -2.51. The zero-order valence-electron chi connectivity index (χ0n) is 17.3. The average molecular weight is 430 g/mol. The number of hydrogen-bond donors (Lipinski definition) is 3. The van der Waals surface area contributed by atoms with E-state index in [0.717, 1.165) is 25.9 Å². The van der Waals surface area contributed by atoms with Crippen molar-refractivity contribution in [2.45, 2.75) is 45.2 Å². The number of nitrogens with one attached hydrogen (secondary N) is 2. The molecule has 2 rings (SSSR count). The minimum atomic E-state index is -1.06. The Morgan fingerprint density at radius 2 is 2.10 bits per heavy atom. The molecule has 1 saturated heterocycles. The maximum absolute atomic E-state index is 13.2. The van der Waals surface area contributed by atoms with Crippen molar-refractivity contribution >= 4 is 24.4 Å². The second-order valence-corrected chi connectivity index (χ2v) is 7.11. The first-order valence-corrected chi connectivity index (χ1v) is 9.75. The second kappa shape index (κ2) is 12.4. The van der Waals surface area contributed by atoms with E-state index in [9.17, 15) is 9.59 Å². The predicted octanol–water partition coefficient (Wildman–Crippen LogP) is 2.76. The average Bonchev–Trinajstić information content (AvgIpc) is 2.68. The molecule has 0 unspecified atom stereocenters. The topological polar surface area (TPSA) is 100 Å². The van der Waals surface area contributed by atoms with Crippen LogP contribution < -0.4 is 20.1 Å². The van der Waals surface area contributed by atoms with E-state index in [1.165, 1.54) is 0 Å². The van der Waals surface area contributed by atoms with Crippen molar-refractivity contribution in [1.29, 1.82) is 0 Å². The summed E-state index contributed by atoms with van der Waals surface area (Å²) >= 11 is 0. The van der Waals surface area contributed by atoms with Crippen molar-refractivity contribution in [3.8, 4) is 11.5 Å². The summed E-state index contributed by atoms with van der Waals surface area (Å²) in [5, 5.41) is 14.3. The van der Waals surface area contributed by atoms with Gasteiger partial charge >= 0.3 is 6.09 Å². The lowest BCUT2D eigenvalue weighted by molar-refractivity contribution is 0.0573. The Balaban J connectivity index is 0.00000420. The minimum Gasteiger partial charge on any atom is -0.493 e. The molecule has 0 aliphatic carbocycles. The monoisotopic (exact) mass is 429 g/mol. The van der Waals surface area contributed by atoms with Gasteiger partial charge in [0.05, 0.1) is 13.7 Å². The van der Waals surface area contributed by atoms with Crippen LogP contribution in [0.2, 0.25) is 0 Å². The largest absolute Gasteiger partial charge is 0.493 e. The molecule has 0 aromatic heterocycles. The zero-order valence-corrected chi connectivity index (χ0v) is 18.1. The van der Waals surface area contributed by atoms with E-state index in [-0.39, 0.29) is 30.4 Å². The van der Waals surface area contributed by atoms with E-state index in [4.69, 9.17) is 14.6 Å². The first kappa shape index (κ1) is 24.8. The summed E-state index contributed by atoms with van der Waals surface area (Å²) in [7, 11) is 1.55. The third kappa shape index (κ3) is 7.29. The standard InChI is InChI=1S/C20H31N3O5.ClH/c1-14(2)23(16-6-4-9-21-13-16)19(24)15-7-8-17(27-3)18(12-15)28-11-5-10-22-20(25)26;/h7-8,12,14,16,21-22H,4-6,9-11,13H2,1-3H3,(H,25,26);1H/t16-;/m1./s1. The lowest BCUT2D eigenvalue weighted by Gasteiger charge is -2.37. The number of carbonyl (C=O) groups is 2. The Kier molecular flexibility index (Phi) is 10.6. The van der Waals surface area contributed by atoms with E-state index in [1.54, 1.807) is 25.3 Å². The Morgan fingerprint density at radius 1 is 1.34 bits per heavy atom. The first-order valence-electron chi connectivity index (χ1n) is 9.75. The molecule has 8 nitrogen and oxygen atoms in total. The molecule has 164 valence electrons. The maximum atomic E-state index is 13.2. The second-order valence-electron chi connectivity index (χ2n) is 7.11. The number of amides is 2. The predicted molar refractivity (Wildman–Crippen MR) is 114 cm³/mol. The molecule has 0 radical (unpaired) electrons. The van der Waals surface area contributed by atoms with Gasteiger partial charge in [-0.25, -0.2) is 4.79 Å². The number of hydrogen-bond acceptors (Lipinski definition) is 5. The van der Waals surface area contributed by atoms with Crippen molar-refractivity contribution in [2.24, 2.45) is 0 Å². The summed E-state index contributed by atoms with van der Waals surface area (Å²) in [4.78, 5) is 25.6. The van der Waals surface area contributed by atoms with Gasteiger partial charge in [0, 0.05) is 30.7 Å². The molecule has 1 aliphatic rings. The summed E-state index contributed by atoms with van der Waals surface area (Å²) in [5.74, 6) is 0.996. The van der Waals surface area contributed by atoms with E-state index in [0.29, 0.717) is 36.6 Å². The molecule has 0 bridgehead atoms. The third-order valence-electron chi connectivity index (χ3n) is 4.72. The molecule has 1 heterocycles. The van der Waals surface area contributed by atoms with Gasteiger partial charge in [-0.2, -0.15) is 0 Å². The molecule has 29 heavy (non-hydrogen) atoms. The van der Waals surface area contributed by atoms with Crippen molar-refractivity contribution in [1.82, 2.24) is 15.5 Å². The van der Waals surface area contributed by atoms with Crippen LogP contribution in [0.5, 0.6) is 11.5 Å². The van der Waals surface area contributed by atoms with Crippen molar-refractivity contribution in [3.05, 3.63) is 23.8 Å². The van der Waals surface area contributed by atoms with Gasteiger partial charge in [0.2, 0.25) is 0 Å². The van der Waals surface area contributed by atoms with Crippen molar-refractivity contribution in [2.75, 3.05) is 33.4 Å². The van der Waals surface area contributed by atoms with E-state index in [1.807, 2.05) is 18.7 Å². The van der Waals surface area contributed by atoms with E-state index < -0.39 is 6.09 Å². The molecule has 1 fully saturated rings. The number of ether oxygens (including phenoxy) is 2. The Labute approximate surface area is 178 Å². The number of carbonyl (C=O) groups excluding carboxylic acids is 1. The van der Waals surface area contributed by atoms with Gasteiger partial charge in [-0.1, -0.05) is 0 Å². The highest BCUT2D eigenvalue weighted by Gasteiger charge is 2.28. The Morgan fingerprint density at radius 3 is 2.69 bits per heavy atom. The molecule has 0 spiro atoms. The number of piperidine rings is 1. The van der Waals surface area contributed by atoms with Crippen LogP contribution in [0.25, 0.3) is 0 Å². The highest BCUT2D eigenvalue weighted by atomic mass is 35.5. The number of carboxylic acid groups (broad SMARTS) is 1. The summed E-state index contributed by atoms with van der Waals surface area (Å²) in [6.45, 7) is 6.47. The molecule has 9 heteroatoms. The number of nitrogens with zero attached hydrogens (tertiary/aromatic N) is 1. The first-order chi connectivity index (χ1) is 13.4. The van der Waals surface area contributed by atoms with Crippen LogP contribution in [0.3, 0.4) is 0 Å². The zero-order chi connectivity index (χ0) is 20.5. The molecular formula is C20H32ClN3O5.